The van der Waals surface area contributed by atoms with Gasteiger partial charge in [0.2, 0.25) is 4.87 Å². The van der Waals surface area contributed by atoms with E-state index in [1.54, 1.807) is 19.1 Å². The van der Waals surface area contributed by atoms with E-state index >= 15 is 0 Å². The third-order valence-electron chi connectivity index (χ3n) is 5.32. The molecule has 2 aromatic carbocycles. The van der Waals surface area contributed by atoms with Crippen LogP contribution in [0.4, 0.5) is 11.4 Å². The summed E-state index contributed by atoms with van der Waals surface area (Å²) in [4.78, 5) is 36.3. The molecule has 0 aliphatic carbocycles. The molecule has 1 aromatic heterocycles. The van der Waals surface area contributed by atoms with Gasteiger partial charge in [0.15, 0.2) is 0 Å². The molecule has 9 heteroatoms. The van der Waals surface area contributed by atoms with E-state index in [0.717, 1.165) is 11.1 Å². The Balaban J connectivity index is 1.64. The van der Waals surface area contributed by atoms with E-state index in [0.29, 0.717) is 28.1 Å². The number of hydrazine groups is 1. The lowest BCUT2D eigenvalue weighted by Crippen LogP contribution is -2.49. The molecule has 2 aliphatic rings. The molecule has 3 heterocycles. The summed E-state index contributed by atoms with van der Waals surface area (Å²) in [7, 11) is 1.48. The first kappa shape index (κ1) is 18.6. The molecule has 3 aromatic rings. The highest BCUT2D eigenvalue weighted by atomic mass is 32.2. The predicted molar refractivity (Wildman–Crippen MR) is 113 cm³/mol. The number of anilines is 2. The van der Waals surface area contributed by atoms with Crippen LogP contribution in [0, 0.1) is 6.92 Å². The summed E-state index contributed by atoms with van der Waals surface area (Å²) < 4.78 is 10.7. The molecular formula is C21H17N3O5S. The second-order valence-electron chi connectivity index (χ2n) is 7.07. The highest BCUT2D eigenvalue weighted by molar-refractivity contribution is 8.02. The number of aryl methyl sites for hydroxylation is 1. The maximum Gasteiger partial charge on any atom is 0.336 e. The minimum atomic E-state index is -1.22. The number of amides is 2. The molecule has 0 radical (unpaired) electrons. The quantitative estimate of drug-likeness (QED) is 0.625. The zero-order valence-electron chi connectivity index (χ0n) is 16.1. The summed E-state index contributed by atoms with van der Waals surface area (Å²) in [5, 5.41) is 4.92. The first-order valence-corrected chi connectivity index (χ1v) is 10.2. The van der Waals surface area contributed by atoms with Crippen molar-refractivity contribution in [3.63, 3.8) is 0 Å². The van der Waals surface area contributed by atoms with Gasteiger partial charge in [0.1, 0.15) is 11.3 Å². The Bertz CT molecular complexity index is 1290. The average molecular weight is 423 g/mol. The van der Waals surface area contributed by atoms with Crippen LogP contribution in [-0.4, -0.2) is 29.7 Å². The molecule has 1 atom stereocenters. The Morgan fingerprint density at radius 3 is 2.80 bits per heavy atom. The van der Waals surface area contributed by atoms with Crippen molar-refractivity contribution in [2.45, 2.75) is 11.8 Å². The van der Waals surface area contributed by atoms with Gasteiger partial charge in [-0.25, -0.2) is 9.80 Å². The fourth-order valence-electron chi connectivity index (χ4n) is 3.92. The predicted octanol–water partition coefficient (Wildman–Crippen LogP) is 2.82. The SMILES string of the molecule is COc1cc2oc(=O)cc(C)c2cc1NN1C(=O)CSC12C(=O)Nc1ccccc12. The number of rotatable bonds is 3. The Morgan fingerprint density at radius 1 is 1.20 bits per heavy atom. The Labute approximate surface area is 175 Å². The van der Waals surface area contributed by atoms with Crippen LogP contribution in [0.2, 0.25) is 0 Å². The number of methoxy groups -OCH3 is 1. The van der Waals surface area contributed by atoms with Crippen LogP contribution in [0.5, 0.6) is 5.75 Å². The van der Waals surface area contributed by atoms with Gasteiger partial charge >= 0.3 is 5.63 Å². The third kappa shape index (κ3) is 2.51. The number of nitrogens with one attached hydrogen (secondary N) is 2. The normalized spacial score (nSPS) is 20.0. The van der Waals surface area contributed by atoms with Crippen LogP contribution < -0.4 is 21.1 Å². The molecule has 2 aliphatic heterocycles. The zero-order chi connectivity index (χ0) is 21.0. The van der Waals surface area contributed by atoms with Crippen LogP contribution in [0.3, 0.4) is 0 Å². The number of para-hydroxylation sites is 1. The summed E-state index contributed by atoms with van der Waals surface area (Å²) in [6.07, 6.45) is 0. The van der Waals surface area contributed by atoms with E-state index in [1.165, 1.54) is 29.9 Å². The number of benzene rings is 2. The van der Waals surface area contributed by atoms with Crippen LogP contribution in [-0.2, 0) is 14.5 Å². The van der Waals surface area contributed by atoms with Crippen molar-refractivity contribution in [3.8, 4) is 5.75 Å². The van der Waals surface area contributed by atoms with Crippen LogP contribution in [0.15, 0.2) is 51.7 Å². The largest absolute Gasteiger partial charge is 0.494 e. The number of carbonyl (C=O) groups excluding carboxylic acids is 2. The minimum Gasteiger partial charge on any atom is -0.494 e. The molecular weight excluding hydrogens is 406 g/mol. The topological polar surface area (TPSA) is 101 Å². The minimum absolute atomic E-state index is 0.151. The van der Waals surface area contributed by atoms with E-state index in [1.807, 2.05) is 24.3 Å². The zero-order valence-corrected chi connectivity index (χ0v) is 17.0. The van der Waals surface area contributed by atoms with Crippen LogP contribution in [0.1, 0.15) is 11.1 Å². The number of nitrogens with zero attached hydrogens (tertiary/aromatic N) is 1. The number of carbonyl (C=O) groups is 2. The maximum atomic E-state index is 13.0. The van der Waals surface area contributed by atoms with Crippen LogP contribution >= 0.6 is 11.8 Å². The van der Waals surface area contributed by atoms with Crippen molar-refractivity contribution in [2.24, 2.45) is 0 Å². The summed E-state index contributed by atoms with van der Waals surface area (Å²) in [6, 6.07) is 12.1. The monoisotopic (exact) mass is 423 g/mol. The number of ether oxygens (including phenoxy) is 1. The Morgan fingerprint density at radius 2 is 2.00 bits per heavy atom. The standard InChI is InChI=1S/C21H17N3O5S/c1-11-7-19(26)29-16-9-17(28-2)15(8-12(11)16)23-24-18(25)10-30-21(24)13-5-3-4-6-14(13)22-20(21)27/h3-9,23H,10H2,1-2H3,(H,22,27). The molecule has 1 fully saturated rings. The lowest BCUT2D eigenvalue weighted by atomic mass is 10.1. The Hall–Kier alpha value is -3.46. The van der Waals surface area contributed by atoms with Crippen molar-refractivity contribution < 1.29 is 18.7 Å². The van der Waals surface area contributed by atoms with Gasteiger partial charge in [-0.05, 0) is 24.6 Å². The fourth-order valence-corrected chi connectivity index (χ4v) is 5.17. The van der Waals surface area contributed by atoms with Gasteiger partial charge in [0.05, 0.1) is 18.6 Å². The van der Waals surface area contributed by atoms with Crippen molar-refractivity contribution >= 4 is 45.9 Å². The smallest absolute Gasteiger partial charge is 0.336 e. The first-order chi connectivity index (χ1) is 14.4. The lowest BCUT2D eigenvalue weighted by Gasteiger charge is -2.33. The summed E-state index contributed by atoms with van der Waals surface area (Å²) in [6.45, 7) is 1.80. The molecule has 5 rings (SSSR count). The molecule has 2 amide bonds. The number of fused-ring (bicyclic) bond motifs is 3. The fraction of sp³-hybridized carbons (Fsp3) is 0.190. The van der Waals surface area contributed by atoms with E-state index < -0.39 is 10.5 Å². The summed E-state index contributed by atoms with van der Waals surface area (Å²) >= 11 is 1.26. The van der Waals surface area contributed by atoms with Gasteiger partial charge in [-0.3, -0.25) is 15.0 Å². The molecule has 2 N–H and O–H groups in total. The van der Waals surface area contributed by atoms with Crippen molar-refractivity contribution in [2.75, 3.05) is 23.6 Å². The number of hydrogen-bond acceptors (Lipinski definition) is 7. The molecule has 1 unspecified atom stereocenters. The third-order valence-corrected chi connectivity index (χ3v) is 6.72. The Kier molecular flexibility index (Phi) is 4.04. The maximum absolute atomic E-state index is 13.0. The number of thioether (sulfide) groups is 1. The molecule has 152 valence electrons. The highest BCUT2D eigenvalue weighted by Crippen LogP contribution is 2.52. The van der Waals surface area contributed by atoms with E-state index in [2.05, 4.69) is 10.7 Å². The van der Waals surface area contributed by atoms with Crippen molar-refractivity contribution in [3.05, 3.63) is 64.0 Å². The summed E-state index contributed by atoms with van der Waals surface area (Å²) in [5.41, 5.74) is 5.64. The van der Waals surface area contributed by atoms with Crippen molar-refractivity contribution in [1.82, 2.24) is 5.01 Å². The molecule has 0 saturated carbocycles. The second-order valence-corrected chi connectivity index (χ2v) is 8.24. The molecule has 0 bridgehead atoms. The molecule has 8 nitrogen and oxygen atoms in total. The average Bonchev–Trinajstić information content (AvgIpc) is 3.20. The van der Waals surface area contributed by atoms with Gasteiger partial charge < -0.3 is 14.5 Å². The molecule has 1 spiro atoms. The van der Waals surface area contributed by atoms with Gasteiger partial charge in [-0.15, -0.1) is 11.8 Å². The van der Waals surface area contributed by atoms with E-state index in [-0.39, 0.29) is 17.6 Å². The van der Waals surface area contributed by atoms with Gasteiger partial charge in [0, 0.05) is 28.8 Å². The van der Waals surface area contributed by atoms with Gasteiger partial charge in [-0.1, -0.05) is 18.2 Å². The van der Waals surface area contributed by atoms with Gasteiger partial charge in [-0.2, -0.15) is 0 Å². The summed E-state index contributed by atoms with van der Waals surface area (Å²) in [5.74, 6) is 0.0144. The van der Waals surface area contributed by atoms with Crippen LogP contribution in [0.25, 0.3) is 11.0 Å². The molecule has 30 heavy (non-hydrogen) atoms. The number of hydrogen-bond donors (Lipinski definition) is 2. The van der Waals surface area contributed by atoms with E-state index in [9.17, 15) is 14.4 Å². The van der Waals surface area contributed by atoms with Crippen molar-refractivity contribution in [1.29, 1.82) is 0 Å². The lowest BCUT2D eigenvalue weighted by molar-refractivity contribution is -0.134. The highest BCUT2D eigenvalue weighted by Gasteiger charge is 2.58. The molecule has 1 saturated heterocycles. The second kappa shape index (κ2) is 6.53. The van der Waals surface area contributed by atoms with Gasteiger partial charge in [0.25, 0.3) is 11.8 Å². The first-order valence-electron chi connectivity index (χ1n) is 9.21. The van der Waals surface area contributed by atoms with E-state index in [4.69, 9.17) is 9.15 Å².